The number of rotatable bonds is 8. The Hall–Kier alpha value is -4.23. The Morgan fingerprint density at radius 2 is 1.94 bits per heavy atom. The Bertz CT molecular complexity index is 1410. The Labute approximate surface area is 212 Å². The van der Waals surface area contributed by atoms with Gasteiger partial charge in [0.1, 0.15) is 22.4 Å². The van der Waals surface area contributed by atoms with E-state index >= 15 is 0 Å². The molecule has 0 aliphatic carbocycles. The number of nitrogens with zero attached hydrogens (tertiary/aromatic N) is 3. The summed E-state index contributed by atoms with van der Waals surface area (Å²) in [6.45, 7) is 1.85. The molecule has 0 spiro atoms. The fourth-order valence-electron chi connectivity index (χ4n) is 3.96. The summed E-state index contributed by atoms with van der Waals surface area (Å²) in [6, 6.07) is 14.9. The minimum atomic E-state index is -0.883. The molecule has 0 bridgehead atoms. The van der Waals surface area contributed by atoms with Crippen LogP contribution in [0.2, 0.25) is 0 Å². The van der Waals surface area contributed by atoms with Gasteiger partial charge < -0.3 is 24.7 Å². The number of nitriles is 1. The fourth-order valence-corrected chi connectivity index (χ4v) is 4.74. The first-order valence-corrected chi connectivity index (χ1v) is 12.0. The van der Waals surface area contributed by atoms with Crippen LogP contribution in [0.5, 0.6) is 11.5 Å². The number of fused-ring (bicyclic) bond motifs is 1. The van der Waals surface area contributed by atoms with Gasteiger partial charge in [0.2, 0.25) is 5.88 Å². The van der Waals surface area contributed by atoms with Crippen LogP contribution >= 0.6 is 11.8 Å². The molecule has 4 rings (SSSR count). The highest BCUT2D eigenvalue weighted by Gasteiger charge is 2.39. The minimum Gasteiger partial charge on any atom is -0.493 e. The van der Waals surface area contributed by atoms with E-state index in [1.165, 1.54) is 26.0 Å². The van der Waals surface area contributed by atoms with Gasteiger partial charge in [0, 0.05) is 5.56 Å². The van der Waals surface area contributed by atoms with Crippen LogP contribution < -0.4 is 15.2 Å². The van der Waals surface area contributed by atoms with E-state index in [-0.39, 0.29) is 35.1 Å². The first-order chi connectivity index (χ1) is 17.5. The molecule has 0 fully saturated rings. The number of allylic oxidation sites excluding steroid dienone is 1. The molecule has 10 heteroatoms. The Balaban J connectivity index is 1.81. The van der Waals surface area contributed by atoms with Crippen LogP contribution in [0.3, 0.4) is 0 Å². The predicted octanol–water partition coefficient (Wildman–Crippen LogP) is 4.06. The molecule has 2 N–H and O–H groups in total. The summed E-state index contributed by atoms with van der Waals surface area (Å²) in [7, 11) is 3.00. The Morgan fingerprint density at radius 3 is 2.64 bits per heavy atom. The zero-order valence-corrected chi connectivity index (χ0v) is 20.8. The Morgan fingerprint density at radius 1 is 1.17 bits per heavy atom. The molecule has 0 saturated heterocycles. The lowest BCUT2D eigenvalue weighted by Crippen LogP contribution is -2.27. The molecule has 0 amide bonds. The van der Waals surface area contributed by atoms with Crippen LogP contribution in [0.4, 0.5) is 0 Å². The third-order valence-corrected chi connectivity index (χ3v) is 6.41. The first-order valence-electron chi connectivity index (χ1n) is 11.1. The monoisotopic (exact) mass is 504 g/mol. The number of esters is 1. The van der Waals surface area contributed by atoms with Gasteiger partial charge in [-0.25, -0.2) is 9.78 Å². The third-order valence-electron chi connectivity index (χ3n) is 5.51. The van der Waals surface area contributed by atoms with Gasteiger partial charge in [0.05, 0.1) is 55.3 Å². The van der Waals surface area contributed by atoms with Crippen molar-refractivity contribution in [3.63, 3.8) is 0 Å². The summed E-state index contributed by atoms with van der Waals surface area (Å²) in [5.41, 5.74) is 8.47. The van der Waals surface area contributed by atoms with Gasteiger partial charge in [-0.15, -0.1) is 0 Å². The molecule has 0 radical (unpaired) electrons. The quantitative estimate of drug-likeness (QED) is 0.354. The number of para-hydroxylation sites is 3. The van der Waals surface area contributed by atoms with Crippen LogP contribution in [0.1, 0.15) is 18.4 Å². The third kappa shape index (κ3) is 4.78. The number of carbonyl (C=O) groups is 1. The maximum Gasteiger partial charge on any atom is 0.338 e. The molecule has 1 aromatic heterocycles. The van der Waals surface area contributed by atoms with E-state index in [0.717, 1.165) is 11.0 Å². The number of aromatic nitrogens is 2. The molecule has 1 aliphatic heterocycles. The number of nitrogens with two attached hydrogens (primary N) is 1. The number of thioether (sulfide) groups is 1. The first kappa shape index (κ1) is 24.9. The summed E-state index contributed by atoms with van der Waals surface area (Å²) in [4.78, 5) is 22.3. The van der Waals surface area contributed by atoms with Crippen LogP contribution in [0.25, 0.3) is 11.0 Å². The number of carbonyl (C=O) groups excluding carboxylic acids is 1. The van der Waals surface area contributed by atoms with Crippen molar-refractivity contribution in [1.82, 2.24) is 9.97 Å². The van der Waals surface area contributed by atoms with E-state index in [9.17, 15) is 10.1 Å². The molecule has 1 atom stereocenters. The summed E-state index contributed by atoms with van der Waals surface area (Å²) in [5.74, 6) is -0.312. The smallest absolute Gasteiger partial charge is 0.338 e. The molecule has 36 heavy (non-hydrogen) atoms. The average Bonchev–Trinajstić information content (AvgIpc) is 2.90. The number of hydrogen-bond donors (Lipinski definition) is 1. The van der Waals surface area contributed by atoms with Crippen LogP contribution in [0, 0.1) is 11.3 Å². The van der Waals surface area contributed by atoms with Gasteiger partial charge in [-0.05, 0) is 25.1 Å². The second-order valence-corrected chi connectivity index (χ2v) is 8.55. The molecular weight excluding hydrogens is 480 g/mol. The highest BCUT2D eigenvalue weighted by molar-refractivity contribution is 7.99. The van der Waals surface area contributed by atoms with Crippen molar-refractivity contribution in [2.75, 3.05) is 26.6 Å². The van der Waals surface area contributed by atoms with E-state index in [0.29, 0.717) is 22.1 Å². The molecule has 0 unspecified atom stereocenters. The van der Waals surface area contributed by atoms with E-state index in [4.69, 9.17) is 24.7 Å². The van der Waals surface area contributed by atoms with Crippen LogP contribution in [0.15, 0.2) is 76.5 Å². The maximum absolute atomic E-state index is 13.3. The lowest BCUT2D eigenvalue weighted by Gasteiger charge is -2.29. The Kier molecular flexibility index (Phi) is 7.61. The van der Waals surface area contributed by atoms with Crippen molar-refractivity contribution in [2.24, 2.45) is 5.73 Å². The molecular formula is C26H24N4O5S. The van der Waals surface area contributed by atoms with E-state index in [1.807, 2.05) is 24.3 Å². The van der Waals surface area contributed by atoms with Gasteiger partial charge in [0.15, 0.2) is 11.5 Å². The van der Waals surface area contributed by atoms with Crippen LogP contribution in [-0.4, -0.2) is 42.5 Å². The number of benzene rings is 2. The highest BCUT2D eigenvalue weighted by Crippen LogP contribution is 2.46. The van der Waals surface area contributed by atoms with Crippen molar-refractivity contribution < 1.29 is 23.7 Å². The summed E-state index contributed by atoms with van der Waals surface area (Å²) < 4.78 is 22.2. The van der Waals surface area contributed by atoms with E-state index in [1.54, 1.807) is 31.3 Å². The van der Waals surface area contributed by atoms with Gasteiger partial charge in [0.25, 0.3) is 0 Å². The van der Waals surface area contributed by atoms with Crippen molar-refractivity contribution >= 4 is 28.8 Å². The van der Waals surface area contributed by atoms with E-state index in [2.05, 4.69) is 16.0 Å². The van der Waals surface area contributed by atoms with Gasteiger partial charge in [-0.1, -0.05) is 36.0 Å². The number of hydrogen-bond acceptors (Lipinski definition) is 10. The molecule has 184 valence electrons. The van der Waals surface area contributed by atoms with Crippen molar-refractivity contribution in [1.29, 1.82) is 5.26 Å². The predicted molar refractivity (Wildman–Crippen MR) is 134 cm³/mol. The van der Waals surface area contributed by atoms with Gasteiger partial charge in [-0.3, -0.25) is 4.98 Å². The maximum atomic E-state index is 13.3. The standard InChI is InChI=1S/C26H24N4O5S/c1-4-34-26(31)23-20(14-36-21-13-29-17-9-5-6-10-18(17)30-21)35-25(28)16(12-27)22(23)15-8-7-11-19(32-2)24(15)33-3/h5-11,13,22H,4,14,28H2,1-3H3/t22-/m1/s1. The van der Waals surface area contributed by atoms with E-state index < -0.39 is 11.9 Å². The summed E-state index contributed by atoms with van der Waals surface area (Å²) >= 11 is 1.33. The van der Waals surface area contributed by atoms with Crippen molar-refractivity contribution in [3.05, 3.63) is 77.0 Å². The van der Waals surface area contributed by atoms with Crippen LogP contribution in [-0.2, 0) is 14.3 Å². The highest BCUT2D eigenvalue weighted by atomic mass is 32.2. The largest absolute Gasteiger partial charge is 0.493 e. The number of methoxy groups -OCH3 is 2. The second kappa shape index (κ2) is 11.0. The number of ether oxygens (including phenoxy) is 4. The molecule has 1 aliphatic rings. The molecule has 2 heterocycles. The summed E-state index contributed by atoms with van der Waals surface area (Å²) in [6.07, 6.45) is 1.66. The zero-order chi connectivity index (χ0) is 25.7. The van der Waals surface area contributed by atoms with Crippen molar-refractivity contribution in [2.45, 2.75) is 17.9 Å². The SMILES string of the molecule is CCOC(=O)C1=C(CSc2cnc3ccccc3n2)OC(N)=C(C#N)[C@H]1c1cccc(OC)c1OC. The molecule has 0 saturated carbocycles. The van der Waals surface area contributed by atoms with Gasteiger partial charge in [-0.2, -0.15) is 5.26 Å². The minimum absolute atomic E-state index is 0.0730. The molecule has 9 nitrogen and oxygen atoms in total. The lowest BCUT2D eigenvalue weighted by atomic mass is 9.82. The second-order valence-electron chi connectivity index (χ2n) is 7.55. The normalized spacial score (nSPS) is 15.3. The molecule has 3 aromatic rings. The average molecular weight is 505 g/mol. The summed E-state index contributed by atoms with van der Waals surface area (Å²) in [5, 5.41) is 10.6. The van der Waals surface area contributed by atoms with Gasteiger partial charge >= 0.3 is 5.97 Å². The zero-order valence-electron chi connectivity index (χ0n) is 20.0. The topological polar surface area (TPSA) is 130 Å². The van der Waals surface area contributed by atoms with Crippen molar-refractivity contribution in [3.8, 4) is 17.6 Å². The molecule has 2 aromatic carbocycles. The fraction of sp³-hybridized carbons (Fsp3) is 0.231. The lowest BCUT2D eigenvalue weighted by molar-refractivity contribution is -0.139.